The van der Waals surface area contributed by atoms with Gasteiger partial charge in [-0.2, -0.15) is 0 Å². The Balaban J connectivity index is 1.93. The number of carbonyl (C=O) groups excluding carboxylic acids is 1. The molecule has 5 heteroatoms. The monoisotopic (exact) mass is 350 g/mol. The lowest BCUT2D eigenvalue weighted by Crippen LogP contribution is -2.53. The summed E-state index contributed by atoms with van der Waals surface area (Å²) in [6.45, 7) is 1.27. The van der Waals surface area contributed by atoms with Crippen LogP contribution in [0.4, 0.5) is 14.5 Å². The smallest absolute Gasteiger partial charge is 0.229 e. The quantitative estimate of drug-likeness (QED) is 0.746. The highest BCUT2D eigenvalue weighted by molar-refractivity contribution is 5.94. The summed E-state index contributed by atoms with van der Waals surface area (Å²) in [4.78, 5) is 16.9. The fourth-order valence-electron chi connectivity index (χ4n) is 4.35. The Hall–Kier alpha value is -1.49. The molecule has 1 aromatic carbocycles. The number of benzene rings is 1. The van der Waals surface area contributed by atoms with Gasteiger partial charge in [0, 0.05) is 11.7 Å². The summed E-state index contributed by atoms with van der Waals surface area (Å²) in [6, 6.07) is 9.42. The summed E-state index contributed by atoms with van der Waals surface area (Å²) in [5.41, 5.74) is 0.799. The molecule has 2 aliphatic rings. The lowest BCUT2D eigenvalue weighted by Gasteiger charge is -2.40. The van der Waals surface area contributed by atoms with Gasteiger partial charge in [0.15, 0.2) is 0 Å². The standard InChI is InChI=1S/C20H28F2N2O/c21-12-11-20(25)24(17-8-2-1-3-9-17)18-10-6-7-16(22)15-19(18)23-13-4-5-14-23/h1-3,8-9,16,18-19H,4-7,10-15H2. The Kier molecular flexibility index (Phi) is 6.40. The number of alkyl halides is 2. The molecule has 1 saturated heterocycles. The van der Waals surface area contributed by atoms with E-state index in [4.69, 9.17) is 0 Å². The van der Waals surface area contributed by atoms with Crippen molar-refractivity contribution in [3.8, 4) is 0 Å². The minimum absolute atomic E-state index is 0.0174. The predicted molar refractivity (Wildman–Crippen MR) is 96.3 cm³/mol. The maximum Gasteiger partial charge on any atom is 0.229 e. The number of nitrogens with zero attached hydrogens (tertiary/aromatic N) is 2. The van der Waals surface area contributed by atoms with E-state index in [9.17, 15) is 13.6 Å². The molecule has 1 heterocycles. The van der Waals surface area contributed by atoms with Gasteiger partial charge in [0.1, 0.15) is 6.17 Å². The van der Waals surface area contributed by atoms with Crippen LogP contribution in [0.1, 0.15) is 44.9 Å². The van der Waals surface area contributed by atoms with Crippen LogP contribution in [-0.2, 0) is 4.79 Å². The highest BCUT2D eigenvalue weighted by Gasteiger charge is 2.39. The van der Waals surface area contributed by atoms with Gasteiger partial charge >= 0.3 is 0 Å². The van der Waals surface area contributed by atoms with Crippen molar-refractivity contribution in [1.82, 2.24) is 4.90 Å². The van der Waals surface area contributed by atoms with Gasteiger partial charge in [-0.15, -0.1) is 0 Å². The molecule has 138 valence electrons. The maximum absolute atomic E-state index is 14.3. The molecule has 2 fully saturated rings. The van der Waals surface area contributed by atoms with E-state index in [1.807, 2.05) is 30.3 Å². The molecule has 25 heavy (non-hydrogen) atoms. The Morgan fingerprint density at radius 1 is 1.12 bits per heavy atom. The summed E-state index contributed by atoms with van der Waals surface area (Å²) in [5.74, 6) is -0.194. The van der Waals surface area contributed by atoms with Gasteiger partial charge in [0.05, 0.1) is 19.1 Å². The highest BCUT2D eigenvalue weighted by atomic mass is 19.1. The number of carbonyl (C=O) groups is 1. The first-order valence-electron chi connectivity index (χ1n) is 9.52. The number of halogens is 2. The topological polar surface area (TPSA) is 23.6 Å². The van der Waals surface area contributed by atoms with Gasteiger partial charge in [0.2, 0.25) is 5.91 Å². The van der Waals surface area contributed by atoms with E-state index in [2.05, 4.69) is 4.90 Å². The summed E-state index contributed by atoms with van der Waals surface area (Å²) >= 11 is 0. The average Bonchev–Trinajstić information content (AvgIpc) is 3.08. The largest absolute Gasteiger partial charge is 0.308 e. The second-order valence-electron chi connectivity index (χ2n) is 7.18. The van der Waals surface area contributed by atoms with Crippen LogP contribution < -0.4 is 4.90 Å². The average molecular weight is 350 g/mol. The molecule has 1 saturated carbocycles. The van der Waals surface area contributed by atoms with E-state index in [1.165, 1.54) is 0 Å². The first kappa shape index (κ1) is 18.3. The number of anilines is 1. The van der Waals surface area contributed by atoms with Gasteiger partial charge in [-0.25, -0.2) is 4.39 Å². The van der Waals surface area contributed by atoms with Crippen LogP contribution in [0, 0.1) is 0 Å². The number of para-hydroxylation sites is 1. The Bertz CT molecular complexity index is 548. The summed E-state index contributed by atoms with van der Waals surface area (Å²) in [7, 11) is 0. The van der Waals surface area contributed by atoms with Crippen LogP contribution >= 0.6 is 0 Å². The van der Waals surface area contributed by atoms with Crippen LogP contribution in [0.5, 0.6) is 0 Å². The van der Waals surface area contributed by atoms with Gasteiger partial charge in [0.25, 0.3) is 0 Å². The van der Waals surface area contributed by atoms with Gasteiger partial charge < -0.3 is 4.90 Å². The van der Waals surface area contributed by atoms with E-state index >= 15 is 0 Å². The van der Waals surface area contributed by atoms with Crippen LogP contribution in [0.25, 0.3) is 0 Å². The zero-order valence-corrected chi connectivity index (χ0v) is 14.7. The molecule has 1 aromatic rings. The molecule has 3 rings (SSSR count). The minimum Gasteiger partial charge on any atom is -0.308 e. The summed E-state index contributed by atoms with van der Waals surface area (Å²) in [5, 5.41) is 0. The second kappa shape index (κ2) is 8.75. The van der Waals surface area contributed by atoms with Crippen molar-refractivity contribution >= 4 is 11.6 Å². The van der Waals surface area contributed by atoms with Crippen LogP contribution in [-0.4, -0.2) is 48.8 Å². The predicted octanol–water partition coefficient (Wildman–Crippen LogP) is 4.12. The molecule has 1 amide bonds. The number of hydrogen-bond donors (Lipinski definition) is 0. The van der Waals surface area contributed by atoms with Crippen molar-refractivity contribution in [3.63, 3.8) is 0 Å². The van der Waals surface area contributed by atoms with Crippen LogP contribution in [0.2, 0.25) is 0 Å². The second-order valence-corrected chi connectivity index (χ2v) is 7.18. The molecular weight excluding hydrogens is 322 g/mol. The lowest BCUT2D eigenvalue weighted by molar-refractivity contribution is -0.119. The Morgan fingerprint density at radius 3 is 2.52 bits per heavy atom. The molecule has 0 bridgehead atoms. The van der Waals surface area contributed by atoms with Crippen LogP contribution in [0.3, 0.4) is 0 Å². The zero-order valence-electron chi connectivity index (χ0n) is 14.7. The van der Waals surface area contributed by atoms with Crippen molar-refractivity contribution in [1.29, 1.82) is 0 Å². The molecule has 0 spiro atoms. The van der Waals surface area contributed by atoms with Gasteiger partial charge in [-0.1, -0.05) is 18.2 Å². The third-order valence-electron chi connectivity index (χ3n) is 5.51. The first-order valence-corrected chi connectivity index (χ1v) is 9.52. The number of amides is 1. The fourth-order valence-corrected chi connectivity index (χ4v) is 4.35. The maximum atomic E-state index is 14.3. The molecule has 3 unspecified atom stereocenters. The molecule has 3 atom stereocenters. The third-order valence-corrected chi connectivity index (χ3v) is 5.51. The third kappa shape index (κ3) is 4.38. The molecular formula is C20H28F2N2O. The zero-order chi connectivity index (χ0) is 17.6. The summed E-state index contributed by atoms with van der Waals surface area (Å²) in [6.07, 6.45) is 3.89. The lowest BCUT2D eigenvalue weighted by atomic mass is 9.98. The molecule has 0 radical (unpaired) electrons. The first-order chi connectivity index (χ1) is 12.2. The van der Waals surface area contributed by atoms with Crippen LogP contribution in [0.15, 0.2) is 30.3 Å². The van der Waals surface area contributed by atoms with E-state index < -0.39 is 12.8 Å². The minimum atomic E-state index is -0.815. The van der Waals surface area contributed by atoms with Crippen molar-refractivity contribution in [3.05, 3.63) is 30.3 Å². The summed E-state index contributed by atoms with van der Waals surface area (Å²) < 4.78 is 27.3. The molecule has 0 aromatic heterocycles. The Labute approximate surface area is 149 Å². The van der Waals surface area contributed by atoms with Crippen molar-refractivity contribution < 1.29 is 13.6 Å². The highest BCUT2D eigenvalue weighted by Crippen LogP contribution is 2.33. The number of likely N-dealkylation sites (tertiary alicyclic amines) is 1. The van der Waals surface area contributed by atoms with Gasteiger partial charge in [-0.3, -0.25) is 14.1 Å². The van der Waals surface area contributed by atoms with E-state index in [0.29, 0.717) is 12.8 Å². The van der Waals surface area contributed by atoms with E-state index in [0.717, 1.165) is 44.5 Å². The molecule has 0 N–H and O–H groups in total. The fraction of sp³-hybridized carbons (Fsp3) is 0.650. The van der Waals surface area contributed by atoms with Crippen molar-refractivity contribution in [2.75, 3.05) is 24.7 Å². The SMILES string of the molecule is O=C(CCF)N(c1ccccc1)C1CCCC(F)CC1N1CCCC1. The van der Waals surface area contributed by atoms with Gasteiger partial charge in [-0.05, 0) is 63.7 Å². The Morgan fingerprint density at radius 2 is 1.84 bits per heavy atom. The van der Waals surface area contributed by atoms with Crippen molar-refractivity contribution in [2.45, 2.75) is 63.2 Å². The molecule has 1 aliphatic heterocycles. The van der Waals surface area contributed by atoms with Crippen molar-refractivity contribution in [2.24, 2.45) is 0 Å². The number of hydrogen-bond acceptors (Lipinski definition) is 2. The normalized spacial score (nSPS) is 27.8. The van der Waals surface area contributed by atoms with E-state index in [-0.39, 0.29) is 24.4 Å². The number of rotatable bonds is 5. The molecule has 3 nitrogen and oxygen atoms in total. The molecule has 1 aliphatic carbocycles. The van der Waals surface area contributed by atoms with E-state index in [1.54, 1.807) is 4.90 Å².